The molecule has 0 aliphatic rings. The van der Waals surface area contributed by atoms with Crippen molar-refractivity contribution in [3.8, 4) is 0 Å². The van der Waals surface area contributed by atoms with Crippen LogP contribution in [0.15, 0.2) is 18.2 Å². The van der Waals surface area contributed by atoms with E-state index in [4.69, 9.17) is 6.57 Å². The van der Waals surface area contributed by atoms with Crippen LogP contribution >= 0.6 is 0 Å². The average Bonchev–Trinajstić information content (AvgIpc) is 1.88. The van der Waals surface area contributed by atoms with Gasteiger partial charge in [-0.15, -0.1) is 0 Å². The van der Waals surface area contributed by atoms with E-state index in [0.29, 0.717) is 5.69 Å². The molecule has 0 unspecified atom stereocenters. The van der Waals surface area contributed by atoms with Crippen LogP contribution in [0.25, 0.3) is 4.85 Å². The fraction of sp³-hybridized carbons (Fsp3) is 0.125. The Morgan fingerprint density at radius 2 is 2.30 bits per heavy atom. The van der Waals surface area contributed by atoms with E-state index >= 15 is 0 Å². The van der Waals surface area contributed by atoms with Gasteiger partial charge in [-0.25, -0.2) is 0 Å². The van der Waals surface area contributed by atoms with Crippen molar-refractivity contribution in [1.29, 1.82) is 0 Å². The van der Waals surface area contributed by atoms with Gasteiger partial charge in [0.2, 0.25) is 0 Å². The maximum atomic E-state index is 6.63. The van der Waals surface area contributed by atoms with Crippen LogP contribution in [0.1, 0.15) is 5.56 Å². The summed E-state index contributed by atoms with van der Waals surface area (Å²) in [5.74, 6) is 0. The number of rotatable bonds is 0. The van der Waals surface area contributed by atoms with E-state index in [-0.39, 0.29) is 51.4 Å². The summed E-state index contributed by atoms with van der Waals surface area (Å²) < 4.78 is 0. The zero-order valence-electron chi connectivity index (χ0n) is 6.18. The second-order valence-corrected chi connectivity index (χ2v) is 1.86. The predicted molar refractivity (Wildman–Crippen MR) is 36.3 cm³/mol. The molecule has 1 nitrogen and oxygen atoms in total. The van der Waals surface area contributed by atoms with Crippen LogP contribution in [0, 0.1) is 19.6 Å². The summed E-state index contributed by atoms with van der Waals surface area (Å²) in [5.41, 5.74) is 1.70. The Hall–Kier alpha value is 0.346. The predicted octanol–water partition coefficient (Wildman–Crippen LogP) is -0.650. The molecule has 44 valence electrons. The smallest absolute Gasteiger partial charge is 0.265 e. The molecule has 2 heteroatoms. The van der Waals surface area contributed by atoms with Gasteiger partial charge in [0.25, 0.3) is 0 Å². The molecule has 0 atom stereocenters. The Morgan fingerprint density at radius 1 is 1.60 bits per heavy atom. The third-order valence-electron chi connectivity index (χ3n) is 1.06. The zero-order valence-corrected chi connectivity index (χ0v) is 9.30. The molecular formula is C8H6KN. The van der Waals surface area contributed by atoms with Crippen molar-refractivity contribution in [1.82, 2.24) is 0 Å². The first-order chi connectivity index (χ1) is 4.33. The van der Waals surface area contributed by atoms with Crippen molar-refractivity contribution < 1.29 is 51.4 Å². The minimum Gasteiger partial charge on any atom is -0.265 e. The standard InChI is InChI=1S/C8H6N.K/c1-7-4-3-5-8(6-7)9-2;/h3-4,6H,1H3;/q-1;+1. The molecule has 0 amide bonds. The van der Waals surface area contributed by atoms with Crippen molar-refractivity contribution in [2.45, 2.75) is 6.92 Å². The molecular weight excluding hydrogens is 149 g/mol. The van der Waals surface area contributed by atoms with E-state index in [1.54, 1.807) is 6.07 Å². The summed E-state index contributed by atoms with van der Waals surface area (Å²) in [4.78, 5) is 3.23. The van der Waals surface area contributed by atoms with Crippen molar-refractivity contribution in [2.24, 2.45) is 0 Å². The molecule has 1 aromatic carbocycles. The molecule has 0 radical (unpaired) electrons. The van der Waals surface area contributed by atoms with E-state index in [2.05, 4.69) is 10.9 Å². The fourth-order valence-corrected chi connectivity index (χ4v) is 0.628. The third kappa shape index (κ3) is 2.96. The topological polar surface area (TPSA) is 4.36 Å². The maximum Gasteiger partial charge on any atom is 1.00 e. The van der Waals surface area contributed by atoms with Gasteiger partial charge in [0.15, 0.2) is 0 Å². The molecule has 0 aliphatic carbocycles. The van der Waals surface area contributed by atoms with E-state index in [9.17, 15) is 0 Å². The van der Waals surface area contributed by atoms with Gasteiger partial charge in [-0.05, 0) is 0 Å². The molecule has 1 aromatic rings. The van der Waals surface area contributed by atoms with Crippen molar-refractivity contribution in [3.63, 3.8) is 0 Å². The van der Waals surface area contributed by atoms with Crippen LogP contribution in [0.4, 0.5) is 5.69 Å². The number of hydrogen-bond acceptors (Lipinski definition) is 0. The van der Waals surface area contributed by atoms with Gasteiger partial charge in [-0.3, -0.25) is 4.85 Å². The average molecular weight is 155 g/mol. The first-order valence-electron chi connectivity index (χ1n) is 2.69. The van der Waals surface area contributed by atoms with Gasteiger partial charge in [-0.1, -0.05) is 6.92 Å². The van der Waals surface area contributed by atoms with Gasteiger partial charge in [0.1, 0.15) is 0 Å². The first-order valence-corrected chi connectivity index (χ1v) is 2.69. The number of benzene rings is 1. The van der Waals surface area contributed by atoms with Gasteiger partial charge in [0.05, 0.1) is 12.3 Å². The normalized spacial score (nSPS) is 7.60. The molecule has 0 saturated carbocycles. The van der Waals surface area contributed by atoms with Crippen LogP contribution in [0.2, 0.25) is 0 Å². The van der Waals surface area contributed by atoms with E-state index < -0.39 is 0 Å². The quantitative estimate of drug-likeness (QED) is 0.346. The summed E-state index contributed by atoms with van der Waals surface area (Å²) in [7, 11) is 0. The summed E-state index contributed by atoms with van der Waals surface area (Å²) in [6.07, 6.45) is 0. The van der Waals surface area contributed by atoms with Crippen LogP contribution in [0.3, 0.4) is 0 Å². The van der Waals surface area contributed by atoms with E-state index in [1.165, 1.54) is 0 Å². The second-order valence-electron chi connectivity index (χ2n) is 1.86. The van der Waals surface area contributed by atoms with Crippen LogP contribution in [-0.4, -0.2) is 0 Å². The van der Waals surface area contributed by atoms with Gasteiger partial charge < -0.3 is 0 Å². The molecule has 1 rings (SSSR count). The summed E-state index contributed by atoms with van der Waals surface area (Å²) in [5, 5.41) is 0. The molecule has 0 heterocycles. The SMILES string of the molecule is [C-]#[N+]c1[c-]ccc(C)c1.[K+]. The van der Waals surface area contributed by atoms with Gasteiger partial charge in [0, 0.05) is 0 Å². The Morgan fingerprint density at radius 3 is 2.70 bits per heavy atom. The molecule has 0 N–H and O–H groups in total. The zero-order chi connectivity index (χ0) is 6.69. The molecule has 0 aliphatic heterocycles. The Balaban J connectivity index is 0.000000810. The Bertz CT molecular complexity index is 250. The van der Waals surface area contributed by atoms with Gasteiger partial charge in [-0.2, -0.15) is 29.8 Å². The summed E-state index contributed by atoms with van der Waals surface area (Å²) in [6.45, 7) is 8.59. The largest absolute Gasteiger partial charge is 1.00 e. The fourth-order valence-electron chi connectivity index (χ4n) is 0.628. The summed E-state index contributed by atoms with van der Waals surface area (Å²) >= 11 is 0. The maximum absolute atomic E-state index is 6.63. The van der Waals surface area contributed by atoms with Gasteiger partial charge >= 0.3 is 51.4 Å². The third-order valence-corrected chi connectivity index (χ3v) is 1.06. The Kier molecular flexibility index (Phi) is 5.23. The molecule has 0 fully saturated rings. The first kappa shape index (κ1) is 10.3. The molecule has 10 heavy (non-hydrogen) atoms. The summed E-state index contributed by atoms with van der Waals surface area (Å²) in [6, 6.07) is 8.31. The monoisotopic (exact) mass is 155 g/mol. The van der Waals surface area contributed by atoms with Crippen LogP contribution in [0.5, 0.6) is 0 Å². The molecule has 0 saturated heterocycles. The van der Waals surface area contributed by atoms with Crippen LogP contribution < -0.4 is 51.4 Å². The van der Waals surface area contributed by atoms with Crippen molar-refractivity contribution >= 4 is 5.69 Å². The van der Waals surface area contributed by atoms with Crippen LogP contribution in [-0.2, 0) is 0 Å². The van der Waals surface area contributed by atoms with Crippen molar-refractivity contribution in [2.75, 3.05) is 0 Å². The molecule has 0 spiro atoms. The minimum absolute atomic E-state index is 0. The second kappa shape index (κ2) is 5.06. The van der Waals surface area contributed by atoms with E-state index in [0.717, 1.165) is 5.56 Å². The van der Waals surface area contributed by atoms with Crippen molar-refractivity contribution in [3.05, 3.63) is 41.2 Å². The Labute approximate surface area is 104 Å². The number of aryl methyl sites for hydroxylation is 1. The number of hydrogen-bond donors (Lipinski definition) is 0. The minimum atomic E-state index is 0. The molecule has 0 aromatic heterocycles. The molecule has 0 bridgehead atoms. The number of nitrogens with zero attached hydrogens (tertiary/aromatic N) is 1. The van der Waals surface area contributed by atoms with E-state index in [1.807, 2.05) is 19.1 Å².